The molecule has 4 aromatic carbocycles. The van der Waals surface area contributed by atoms with Gasteiger partial charge in [0.25, 0.3) is 0 Å². The molecule has 0 spiro atoms. The fourth-order valence-electron chi connectivity index (χ4n) is 6.73. The summed E-state index contributed by atoms with van der Waals surface area (Å²) < 4.78 is 137. The Labute approximate surface area is 366 Å². The smallest absolute Gasteiger partial charge is 0.343 e. The number of hydrogen-bond acceptors (Lipinski definition) is 14. The molecule has 0 saturated carbocycles. The Morgan fingerprint density at radius 3 is 0.703 bits per heavy atom. The first-order valence-electron chi connectivity index (χ1n) is 18.8. The van der Waals surface area contributed by atoms with Crippen molar-refractivity contribution in [3.05, 3.63) is 168 Å². The van der Waals surface area contributed by atoms with Gasteiger partial charge in [0.05, 0.1) is 44.8 Å². The van der Waals surface area contributed by atoms with Crippen LogP contribution >= 0.6 is 0 Å². The number of H-pyrrole nitrogens is 2. The number of nitrogens with one attached hydrogen (secondary N) is 2. The molecule has 20 heteroatoms. The minimum Gasteiger partial charge on any atom is -0.379 e. The highest BCUT2D eigenvalue weighted by Gasteiger charge is 2.32. The lowest BCUT2D eigenvalue weighted by molar-refractivity contribution is 0.484. The molecule has 7 aromatic rings. The van der Waals surface area contributed by atoms with Gasteiger partial charge in [-0.2, -0.15) is 33.7 Å². The first-order chi connectivity index (χ1) is 30.7. The standard InChI is InChI=1S/C44H30N4O12S4/c49-61(50,57-29-13-5-1-6-14-29)41-33-21-23-35(45-33)42(62(51,52)58-30-15-7-2-8-16-30)37-25-27-39(47-37)44(64(55,56)60-32-19-11-4-12-20-32)40-28-26-38(48-40)43(36-24-22-34(41)46-36)63(53,54)59-31-17-9-3-10-18-31/h1-28,45,48H. The van der Waals surface area contributed by atoms with E-state index in [1.54, 1.807) is 72.8 Å². The van der Waals surface area contributed by atoms with Crippen LogP contribution in [0.5, 0.6) is 23.0 Å². The number of para-hydroxylation sites is 4. The van der Waals surface area contributed by atoms with Crippen molar-refractivity contribution in [2.24, 2.45) is 0 Å². The van der Waals surface area contributed by atoms with E-state index in [4.69, 9.17) is 16.7 Å². The molecule has 0 amide bonds. The highest BCUT2D eigenvalue weighted by Crippen LogP contribution is 2.35. The highest BCUT2D eigenvalue weighted by molar-refractivity contribution is 7.88. The van der Waals surface area contributed by atoms with Crippen molar-refractivity contribution in [1.82, 2.24) is 19.9 Å². The van der Waals surface area contributed by atoms with Crippen LogP contribution < -0.4 is 16.7 Å². The number of nitrogens with zero attached hydrogens (tertiary/aromatic N) is 2. The van der Waals surface area contributed by atoms with Crippen LogP contribution in [0.1, 0.15) is 22.8 Å². The molecule has 9 rings (SSSR count). The minimum atomic E-state index is -4.89. The summed E-state index contributed by atoms with van der Waals surface area (Å²) >= 11 is 0. The van der Waals surface area contributed by atoms with Crippen molar-refractivity contribution >= 4 is 86.8 Å². The van der Waals surface area contributed by atoms with Gasteiger partial charge in [-0.3, -0.25) is 0 Å². The normalized spacial score (nSPS) is 12.8. The maximum atomic E-state index is 14.4. The average molecular weight is 935 g/mol. The molecule has 5 heterocycles. The third-order valence-corrected chi connectivity index (χ3v) is 14.7. The van der Waals surface area contributed by atoms with Gasteiger partial charge >= 0.3 is 40.5 Å². The quantitative estimate of drug-likeness (QED) is 0.112. The summed E-state index contributed by atoms with van der Waals surface area (Å²) in [4.78, 5) is 12.2. The zero-order valence-corrected chi connectivity index (χ0v) is 35.9. The van der Waals surface area contributed by atoms with Crippen LogP contribution in [0, 0.1) is 0 Å². The second-order valence-corrected chi connectivity index (χ2v) is 19.7. The lowest BCUT2D eigenvalue weighted by Gasteiger charge is -2.10. The Hall–Kier alpha value is -7.52. The van der Waals surface area contributed by atoms with Crippen molar-refractivity contribution in [3.8, 4) is 23.0 Å². The maximum Gasteiger partial charge on any atom is 0.343 e. The predicted molar refractivity (Wildman–Crippen MR) is 236 cm³/mol. The minimum absolute atomic E-state index is 0.0800. The van der Waals surface area contributed by atoms with Crippen LogP contribution in [0.3, 0.4) is 0 Å². The van der Waals surface area contributed by atoms with E-state index in [1.165, 1.54) is 97.1 Å². The van der Waals surface area contributed by atoms with Gasteiger partial charge in [-0.15, -0.1) is 0 Å². The molecule has 3 aromatic heterocycles. The lowest BCUT2D eigenvalue weighted by atomic mass is 10.3. The van der Waals surface area contributed by atoms with Crippen molar-refractivity contribution in [2.45, 2.75) is 19.6 Å². The summed E-state index contributed by atoms with van der Waals surface area (Å²) in [6.07, 6.45) is 4.88. The first kappa shape index (κ1) is 41.8. The summed E-state index contributed by atoms with van der Waals surface area (Å²) in [5.74, 6) is -0.320. The lowest BCUT2D eigenvalue weighted by Crippen LogP contribution is -2.13. The molecule has 2 N–H and O–H groups in total. The third-order valence-electron chi connectivity index (χ3n) is 9.36. The van der Waals surface area contributed by atoms with Gasteiger partial charge in [-0.25, -0.2) is 9.97 Å². The van der Waals surface area contributed by atoms with Crippen LogP contribution in [0.15, 0.2) is 165 Å². The molecule has 64 heavy (non-hydrogen) atoms. The molecule has 0 fully saturated rings. The molecule has 16 nitrogen and oxygen atoms in total. The second kappa shape index (κ2) is 16.3. The Morgan fingerprint density at radius 1 is 0.297 bits per heavy atom. The fraction of sp³-hybridized carbons (Fsp3) is 0. The number of aromatic amines is 2. The molecule has 0 radical (unpaired) electrons. The Kier molecular flexibility index (Phi) is 10.7. The van der Waals surface area contributed by atoms with Crippen LogP contribution in [-0.2, 0) is 40.5 Å². The molecule has 2 aliphatic heterocycles. The molecular weight excluding hydrogens is 905 g/mol. The van der Waals surface area contributed by atoms with Gasteiger partial charge in [-0.1, -0.05) is 72.8 Å². The molecule has 8 bridgehead atoms. The van der Waals surface area contributed by atoms with Gasteiger partial charge in [0, 0.05) is 0 Å². The van der Waals surface area contributed by atoms with E-state index in [0.717, 1.165) is 0 Å². The topological polar surface area (TPSA) is 231 Å². The van der Waals surface area contributed by atoms with Crippen molar-refractivity contribution in [2.75, 3.05) is 0 Å². The Bertz CT molecular complexity index is 3180. The fourth-order valence-corrected chi connectivity index (χ4v) is 11.6. The van der Waals surface area contributed by atoms with Gasteiger partial charge in [0.2, 0.25) is 0 Å². The SMILES string of the molecule is O=S(=O)(Oc1ccccc1)c1c2nc(c(S(=O)(=O)Oc3ccccc3)c3ccc([nH]3)c(S(=O)(=O)Oc3ccccc3)c3nc(c(S(=O)(=O)Oc4ccccc4)c4ccc1[nH]4)C=C3)C=C2. The molecule has 0 atom stereocenters. The van der Waals surface area contributed by atoms with Gasteiger partial charge < -0.3 is 26.7 Å². The van der Waals surface area contributed by atoms with Crippen molar-refractivity contribution < 1.29 is 50.4 Å². The molecule has 0 saturated heterocycles. The van der Waals surface area contributed by atoms with Crippen molar-refractivity contribution in [3.63, 3.8) is 0 Å². The van der Waals surface area contributed by atoms with Crippen LogP contribution in [0.4, 0.5) is 0 Å². The molecule has 0 aliphatic carbocycles. The number of benzene rings is 4. The van der Waals surface area contributed by atoms with E-state index < -0.39 is 60.1 Å². The van der Waals surface area contributed by atoms with Gasteiger partial charge in [-0.05, 0) is 97.1 Å². The van der Waals surface area contributed by atoms with Crippen molar-refractivity contribution in [1.29, 1.82) is 0 Å². The highest BCUT2D eigenvalue weighted by atomic mass is 32.2. The third kappa shape index (κ3) is 8.37. The van der Waals surface area contributed by atoms with Crippen LogP contribution in [0.2, 0.25) is 0 Å². The number of aromatic nitrogens is 4. The summed E-state index contributed by atoms with van der Waals surface area (Å²) in [5, 5.41) is 0. The first-order valence-corrected chi connectivity index (χ1v) is 24.4. The number of rotatable bonds is 12. The molecule has 2 aliphatic rings. The second-order valence-electron chi connectivity index (χ2n) is 13.7. The molecular formula is C44H30N4O12S4. The summed E-state index contributed by atoms with van der Waals surface area (Å²) in [6, 6.07) is 35.1. The van der Waals surface area contributed by atoms with E-state index in [1.807, 2.05) is 0 Å². The zero-order chi connectivity index (χ0) is 44.7. The Morgan fingerprint density at radius 2 is 0.500 bits per heavy atom. The monoisotopic (exact) mass is 934 g/mol. The van der Waals surface area contributed by atoms with E-state index >= 15 is 0 Å². The molecule has 0 unspecified atom stereocenters. The number of fused-ring (bicyclic) bond motifs is 8. The van der Waals surface area contributed by atoms with Crippen LogP contribution in [-0.4, -0.2) is 53.6 Å². The zero-order valence-electron chi connectivity index (χ0n) is 32.6. The van der Waals surface area contributed by atoms with Crippen LogP contribution in [0.25, 0.3) is 46.4 Å². The largest absolute Gasteiger partial charge is 0.379 e. The summed E-state index contributed by atoms with van der Waals surface area (Å²) in [7, 11) is -19.6. The molecule has 322 valence electrons. The van der Waals surface area contributed by atoms with E-state index in [-0.39, 0.29) is 67.8 Å². The summed E-state index contributed by atoms with van der Waals surface area (Å²) in [5.41, 5.74) is -2.35. The average Bonchev–Trinajstić information content (AvgIpc) is 4.09. The van der Waals surface area contributed by atoms with Gasteiger partial charge in [0.1, 0.15) is 23.0 Å². The van der Waals surface area contributed by atoms with E-state index in [0.29, 0.717) is 0 Å². The predicted octanol–water partition coefficient (Wildman–Crippen LogP) is 7.73. The van der Waals surface area contributed by atoms with E-state index in [9.17, 15) is 33.7 Å². The maximum absolute atomic E-state index is 14.4. The Balaban J connectivity index is 1.42. The summed E-state index contributed by atoms with van der Waals surface area (Å²) in [6.45, 7) is 0. The van der Waals surface area contributed by atoms with E-state index in [2.05, 4.69) is 19.9 Å². The van der Waals surface area contributed by atoms with Gasteiger partial charge in [0.15, 0.2) is 19.6 Å². The number of hydrogen-bond donors (Lipinski definition) is 2.